The van der Waals surface area contributed by atoms with Crippen molar-refractivity contribution < 1.29 is 23.1 Å². The van der Waals surface area contributed by atoms with Gasteiger partial charge in [0.2, 0.25) is 5.91 Å². The van der Waals surface area contributed by atoms with E-state index < -0.39 is 15.4 Å². The molecule has 31 heavy (non-hydrogen) atoms. The number of anilines is 1. The number of amides is 1. The van der Waals surface area contributed by atoms with Crippen LogP contribution >= 0.6 is 0 Å². The zero-order valence-electron chi connectivity index (χ0n) is 18.1. The summed E-state index contributed by atoms with van der Waals surface area (Å²) < 4.78 is 32.0. The van der Waals surface area contributed by atoms with Crippen molar-refractivity contribution in [2.75, 3.05) is 18.2 Å². The maximum absolute atomic E-state index is 12.2. The second-order valence-electron chi connectivity index (χ2n) is 8.13. The van der Waals surface area contributed by atoms with Gasteiger partial charge < -0.3 is 19.7 Å². The summed E-state index contributed by atoms with van der Waals surface area (Å²) in [6, 6.07) is 4.75. The van der Waals surface area contributed by atoms with Crippen molar-refractivity contribution in [1.82, 2.24) is 14.5 Å². The van der Waals surface area contributed by atoms with Gasteiger partial charge in [-0.2, -0.15) is 0 Å². The highest BCUT2D eigenvalue weighted by Crippen LogP contribution is 2.33. The number of ether oxygens (including phenoxy) is 1. The lowest BCUT2D eigenvalue weighted by Crippen LogP contribution is -2.21. The van der Waals surface area contributed by atoms with E-state index in [0.717, 1.165) is 17.2 Å². The van der Waals surface area contributed by atoms with E-state index in [9.17, 15) is 18.3 Å². The molecule has 3 heterocycles. The van der Waals surface area contributed by atoms with Crippen molar-refractivity contribution >= 4 is 32.5 Å². The lowest BCUT2D eigenvalue weighted by atomic mass is 10.1. The van der Waals surface area contributed by atoms with Gasteiger partial charge in [-0.1, -0.05) is 0 Å². The number of nitrogens with one attached hydrogen (secondary N) is 1. The Kier molecular flexibility index (Phi) is 6.06. The predicted molar refractivity (Wildman–Crippen MR) is 118 cm³/mol. The van der Waals surface area contributed by atoms with Crippen LogP contribution in [-0.4, -0.2) is 52.4 Å². The monoisotopic (exact) mass is 446 g/mol. The molecule has 0 aliphatic rings. The van der Waals surface area contributed by atoms with Crippen LogP contribution in [0, 0.1) is 0 Å². The first-order chi connectivity index (χ1) is 14.3. The molecule has 0 saturated carbocycles. The van der Waals surface area contributed by atoms with E-state index in [1.807, 2.05) is 17.8 Å². The third kappa shape index (κ3) is 5.59. The molecule has 0 aliphatic carbocycles. The van der Waals surface area contributed by atoms with Crippen molar-refractivity contribution in [3.63, 3.8) is 0 Å². The molecule has 0 aliphatic heterocycles. The van der Waals surface area contributed by atoms with Crippen molar-refractivity contribution in [2.24, 2.45) is 7.05 Å². The molecule has 0 radical (unpaired) electrons. The minimum atomic E-state index is -3.60. The summed E-state index contributed by atoms with van der Waals surface area (Å²) in [4.78, 5) is 20.0. The molecule has 3 aromatic heterocycles. The van der Waals surface area contributed by atoms with Gasteiger partial charge in [0.1, 0.15) is 11.6 Å². The summed E-state index contributed by atoms with van der Waals surface area (Å²) in [6.07, 6.45) is 4.91. The summed E-state index contributed by atoms with van der Waals surface area (Å²) >= 11 is 0. The molecule has 9 nitrogen and oxygen atoms in total. The van der Waals surface area contributed by atoms with Crippen molar-refractivity contribution in [1.29, 1.82) is 0 Å². The first-order valence-electron chi connectivity index (χ1n) is 9.64. The number of aryl methyl sites for hydroxylation is 1. The number of hydrogen-bond donors (Lipinski definition) is 2. The third-order valence-corrected chi connectivity index (χ3v) is 5.56. The molecule has 166 valence electrons. The molecular weight excluding hydrogens is 420 g/mol. The van der Waals surface area contributed by atoms with Gasteiger partial charge in [-0.05, 0) is 19.9 Å². The number of carbonyl (C=O) groups excluding carboxylic acids is 1. The second-order valence-corrected chi connectivity index (χ2v) is 10.1. The van der Waals surface area contributed by atoms with Crippen LogP contribution in [-0.2, 0) is 21.7 Å². The largest absolute Gasteiger partial charge is 0.493 e. The van der Waals surface area contributed by atoms with Crippen LogP contribution in [0.2, 0.25) is 0 Å². The molecule has 3 aromatic rings. The number of hydrogen-bond acceptors (Lipinski definition) is 7. The van der Waals surface area contributed by atoms with Gasteiger partial charge in [0.05, 0.1) is 29.6 Å². The molecule has 10 heteroatoms. The number of fused-ring (bicyclic) bond motifs is 1. The van der Waals surface area contributed by atoms with Crippen LogP contribution in [0.25, 0.3) is 22.2 Å². The lowest BCUT2D eigenvalue weighted by molar-refractivity contribution is -0.114. The quantitative estimate of drug-likeness (QED) is 0.572. The maximum Gasteiger partial charge on any atom is 0.222 e. The lowest BCUT2D eigenvalue weighted by Gasteiger charge is -2.17. The van der Waals surface area contributed by atoms with Gasteiger partial charge in [0.25, 0.3) is 0 Å². The number of pyridine rings is 2. The van der Waals surface area contributed by atoms with E-state index in [4.69, 9.17) is 4.74 Å². The minimum absolute atomic E-state index is 0.114. The van der Waals surface area contributed by atoms with Crippen molar-refractivity contribution in [3.8, 4) is 17.0 Å². The van der Waals surface area contributed by atoms with Crippen LogP contribution in [0.1, 0.15) is 27.2 Å². The fraction of sp³-hybridized carbons (Fsp3) is 0.381. The highest BCUT2D eigenvalue weighted by Gasteiger charge is 2.18. The predicted octanol–water partition coefficient (Wildman–Crippen LogP) is 2.54. The topological polar surface area (TPSA) is 123 Å². The second kappa shape index (κ2) is 8.27. The van der Waals surface area contributed by atoms with Gasteiger partial charge in [0, 0.05) is 55.9 Å². The van der Waals surface area contributed by atoms with Gasteiger partial charge in [-0.25, -0.2) is 18.4 Å². The van der Waals surface area contributed by atoms with Crippen LogP contribution in [0.15, 0.2) is 35.6 Å². The van der Waals surface area contributed by atoms with E-state index in [-0.39, 0.29) is 17.5 Å². The van der Waals surface area contributed by atoms with Gasteiger partial charge in [-0.3, -0.25) is 4.79 Å². The average Bonchev–Trinajstić information content (AvgIpc) is 2.95. The van der Waals surface area contributed by atoms with E-state index in [2.05, 4.69) is 15.3 Å². The fourth-order valence-electron chi connectivity index (χ4n) is 3.04. The number of aromatic nitrogens is 3. The van der Waals surface area contributed by atoms with E-state index in [1.54, 1.807) is 32.2 Å². The molecule has 1 amide bonds. The Morgan fingerprint density at radius 2 is 2.00 bits per heavy atom. The summed E-state index contributed by atoms with van der Waals surface area (Å²) in [5, 5.41) is 13.2. The average molecular weight is 447 g/mol. The number of rotatable bonds is 7. The smallest absolute Gasteiger partial charge is 0.222 e. The maximum atomic E-state index is 12.2. The number of aliphatic hydroxyl groups is 1. The SMILES string of the molecule is CC(=O)Nc1cc2c(-c3cc(OCCC(C)(C)O)cc(S(C)(=O)=O)n3)cn(C)c2cn1. The molecule has 0 atom stereocenters. The number of nitrogens with zero attached hydrogens (tertiary/aromatic N) is 3. The van der Waals surface area contributed by atoms with Crippen LogP contribution < -0.4 is 10.1 Å². The summed E-state index contributed by atoms with van der Waals surface area (Å²) in [5.41, 5.74) is 0.967. The van der Waals surface area contributed by atoms with Crippen LogP contribution in [0.4, 0.5) is 5.82 Å². The minimum Gasteiger partial charge on any atom is -0.493 e. The summed E-state index contributed by atoms with van der Waals surface area (Å²) in [7, 11) is -1.76. The zero-order chi connectivity index (χ0) is 23.0. The summed E-state index contributed by atoms with van der Waals surface area (Å²) in [6.45, 7) is 4.95. The Balaban J connectivity index is 2.11. The standard InChI is InChI=1S/C21H26N4O5S/c1-13(26)23-19-10-15-16(12-25(4)18(15)11-22-19)17-8-14(30-7-6-21(2,3)27)9-20(24-17)31(5,28)29/h8-12,27H,6-7H2,1-5H3,(H,22,23,26). The Morgan fingerprint density at radius 1 is 1.29 bits per heavy atom. The number of carbonyl (C=O) groups is 1. The Bertz CT molecular complexity index is 1240. The van der Waals surface area contributed by atoms with E-state index >= 15 is 0 Å². The first-order valence-corrected chi connectivity index (χ1v) is 11.5. The molecule has 0 aromatic carbocycles. The molecule has 0 saturated heterocycles. The van der Waals surface area contributed by atoms with Crippen LogP contribution in [0.5, 0.6) is 5.75 Å². The molecular formula is C21H26N4O5S. The molecule has 0 bridgehead atoms. The molecule has 2 N–H and O–H groups in total. The van der Waals surface area contributed by atoms with E-state index in [1.165, 1.54) is 13.0 Å². The van der Waals surface area contributed by atoms with Crippen molar-refractivity contribution in [3.05, 3.63) is 30.6 Å². The molecule has 0 unspecified atom stereocenters. The third-order valence-electron chi connectivity index (χ3n) is 4.59. The Morgan fingerprint density at radius 3 is 2.61 bits per heavy atom. The van der Waals surface area contributed by atoms with Gasteiger partial charge >= 0.3 is 0 Å². The summed E-state index contributed by atoms with van der Waals surface area (Å²) in [5.74, 6) is 0.472. The van der Waals surface area contributed by atoms with Crippen molar-refractivity contribution in [2.45, 2.75) is 37.8 Å². The molecule has 0 spiro atoms. The molecule has 0 fully saturated rings. The fourth-order valence-corrected chi connectivity index (χ4v) is 3.64. The normalized spacial score (nSPS) is 12.2. The van der Waals surface area contributed by atoms with Gasteiger partial charge in [-0.15, -0.1) is 0 Å². The van der Waals surface area contributed by atoms with E-state index in [0.29, 0.717) is 29.2 Å². The zero-order valence-corrected chi connectivity index (χ0v) is 18.9. The highest BCUT2D eigenvalue weighted by molar-refractivity contribution is 7.90. The van der Waals surface area contributed by atoms with Gasteiger partial charge in [0.15, 0.2) is 14.9 Å². The first kappa shape index (κ1) is 22.7. The Hall–Kier alpha value is -2.98. The molecule has 3 rings (SSSR count). The van der Waals surface area contributed by atoms with Crippen LogP contribution in [0.3, 0.4) is 0 Å². The number of sulfone groups is 1. The highest BCUT2D eigenvalue weighted by atomic mass is 32.2. The Labute approximate surface area is 181 Å².